The molecule has 0 aliphatic carbocycles. The molecule has 17 heavy (non-hydrogen) atoms. The van der Waals surface area contributed by atoms with Crippen molar-refractivity contribution in [3.05, 3.63) is 47.9 Å². The number of aromatic nitrogens is 2. The van der Waals surface area contributed by atoms with Crippen molar-refractivity contribution in [3.8, 4) is 11.9 Å². The van der Waals surface area contributed by atoms with Gasteiger partial charge in [-0.25, -0.2) is 4.98 Å². The molecule has 2 heterocycles. The first kappa shape index (κ1) is 11.2. The summed E-state index contributed by atoms with van der Waals surface area (Å²) < 4.78 is 39.3. The van der Waals surface area contributed by atoms with Crippen molar-refractivity contribution in [1.29, 1.82) is 5.26 Å². The number of pyridine rings is 1. The average molecular weight is 237 g/mol. The molecule has 0 aliphatic heterocycles. The molecule has 0 unspecified atom stereocenters. The van der Waals surface area contributed by atoms with Crippen LogP contribution in [0.5, 0.6) is 0 Å². The standard InChI is InChI=1S/C11H6F3N3/c12-11(13,14)9-4-1-5-16-10(9)17-6-2-3-8(17)7-15/h1-6H. The van der Waals surface area contributed by atoms with Crippen LogP contribution in [0.2, 0.25) is 0 Å². The van der Waals surface area contributed by atoms with Gasteiger partial charge in [0.05, 0.1) is 5.56 Å². The van der Waals surface area contributed by atoms with E-state index in [1.165, 1.54) is 30.6 Å². The van der Waals surface area contributed by atoms with Gasteiger partial charge in [0.2, 0.25) is 0 Å². The van der Waals surface area contributed by atoms with Crippen molar-refractivity contribution in [2.45, 2.75) is 6.18 Å². The lowest BCUT2D eigenvalue weighted by Gasteiger charge is -2.12. The minimum Gasteiger partial charge on any atom is -0.292 e. The Bertz CT molecular complexity index is 578. The number of hydrogen-bond acceptors (Lipinski definition) is 2. The van der Waals surface area contributed by atoms with Crippen molar-refractivity contribution >= 4 is 0 Å². The van der Waals surface area contributed by atoms with Crippen molar-refractivity contribution in [1.82, 2.24) is 9.55 Å². The lowest BCUT2D eigenvalue weighted by molar-refractivity contribution is -0.137. The predicted molar refractivity (Wildman–Crippen MR) is 53.3 cm³/mol. The first-order valence-corrected chi connectivity index (χ1v) is 4.64. The second kappa shape index (κ2) is 3.94. The van der Waals surface area contributed by atoms with Crippen LogP contribution in [-0.4, -0.2) is 9.55 Å². The van der Waals surface area contributed by atoms with Crippen LogP contribution in [0.15, 0.2) is 36.7 Å². The third-order valence-electron chi connectivity index (χ3n) is 2.18. The summed E-state index contributed by atoms with van der Waals surface area (Å²) in [4.78, 5) is 3.69. The molecule has 0 bridgehead atoms. The van der Waals surface area contributed by atoms with Crippen molar-refractivity contribution < 1.29 is 13.2 Å². The highest BCUT2D eigenvalue weighted by Crippen LogP contribution is 2.32. The van der Waals surface area contributed by atoms with Crippen LogP contribution in [0.4, 0.5) is 13.2 Å². The number of halogens is 3. The molecular weight excluding hydrogens is 231 g/mol. The lowest BCUT2D eigenvalue weighted by atomic mass is 10.2. The van der Waals surface area contributed by atoms with Gasteiger partial charge in [-0.15, -0.1) is 0 Å². The first-order chi connectivity index (χ1) is 8.04. The van der Waals surface area contributed by atoms with Crippen LogP contribution in [-0.2, 0) is 6.18 Å². The van der Waals surface area contributed by atoms with Crippen LogP contribution in [0, 0.1) is 11.3 Å². The number of hydrogen-bond donors (Lipinski definition) is 0. The number of nitrogens with zero attached hydrogens (tertiary/aromatic N) is 3. The lowest BCUT2D eigenvalue weighted by Crippen LogP contribution is -2.12. The number of alkyl halides is 3. The van der Waals surface area contributed by atoms with Crippen LogP contribution < -0.4 is 0 Å². The van der Waals surface area contributed by atoms with Crippen LogP contribution in [0.1, 0.15) is 11.3 Å². The van der Waals surface area contributed by atoms with Gasteiger partial charge in [-0.05, 0) is 24.3 Å². The highest BCUT2D eigenvalue weighted by molar-refractivity contribution is 5.41. The Morgan fingerprint density at radius 1 is 1.24 bits per heavy atom. The summed E-state index contributed by atoms with van der Waals surface area (Å²) in [5.41, 5.74) is -0.762. The minimum absolute atomic E-state index is 0.106. The van der Waals surface area contributed by atoms with Gasteiger partial charge in [0.1, 0.15) is 17.6 Å². The monoisotopic (exact) mass is 237 g/mol. The quantitative estimate of drug-likeness (QED) is 0.765. The van der Waals surface area contributed by atoms with Gasteiger partial charge in [0.15, 0.2) is 0 Å². The zero-order valence-electron chi connectivity index (χ0n) is 8.44. The SMILES string of the molecule is N#Cc1cccn1-c1ncccc1C(F)(F)F. The van der Waals surface area contributed by atoms with E-state index in [4.69, 9.17) is 5.26 Å². The molecule has 2 aromatic heterocycles. The van der Waals surface area contributed by atoms with E-state index in [9.17, 15) is 13.2 Å². The van der Waals surface area contributed by atoms with Crippen LogP contribution in [0.25, 0.3) is 5.82 Å². The van der Waals surface area contributed by atoms with Gasteiger partial charge in [-0.2, -0.15) is 18.4 Å². The Hall–Kier alpha value is -2.29. The minimum atomic E-state index is -4.50. The van der Waals surface area contributed by atoms with Gasteiger partial charge < -0.3 is 0 Å². The molecule has 0 fully saturated rings. The Morgan fingerprint density at radius 3 is 2.65 bits per heavy atom. The van der Waals surface area contributed by atoms with Gasteiger partial charge in [-0.1, -0.05) is 0 Å². The molecule has 0 amide bonds. The van der Waals surface area contributed by atoms with E-state index in [0.717, 1.165) is 10.6 Å². The van der Waals surface area contributed by atoms with E-state index in [1.54, 1.807) is 0 Å². The molecule has 0 aromatic carbocycles. The summed E-state index contributed by atoms with van der Waals surface area (Å²) in [6, 6.07) is 6.87. The van der Waals surface area contributed by atoms with Crippen LogP contribution in [0.3, 0.4) is 0 Å². The topological polar surface area (TPSA) is 41.6 Å². The van der Waals surface area contributed by atoms with E-state index >= 15 is 0 Å². The second-order valence-electron chi connectivity index (χ2n) is 3.25. The molecule has 6 heteroatoms. The molecule has 86 valence electrons. The fourth-order valence-corrected chi connectivity index (χ4v) is 1.47. The van der Waals surface area contributed by atoms with Gasteiger partial charge in [0, 0.05) is 12.4 Å². The largest absolute Gasteiger partial charge is 0.419 e. The third kappa shape index (κ3) is 1.99. The molecule has 0 atom stereocenters. The van der Waals surface area contributed by atoms with Crippen molar-refractivity contribution in [2.24, 2.45) is 0 Å². The molecule has 2 rings (SSSR count). The van der Waals surface area contributed by atoms with Gasteiger partial charge >= 0.3 is 6.18 Å². The Kier molecular flexibility index (Phi) is 2.60. The fraction of sp³-hybridized carbons (Fsp3) is 0.0909. The summed E-state index contributed by atoms with van der Waals surface area (Å²) in [5.74, 6) is -0.290. The van der Waals surface area contributed by atoms with E-state index in [1.807, 2.05) is 6.07 Å². The summed E-state index contributed by atoms with van der Waals surface area (Å²) in [7, 11) is 0. The molecule has 2 aromatic rings. The zero-order chi connectivity index (χ0) is 12.5. The maximum absolute atomic E-state index is 12.7. The number of rotatable bonds is 1. The Balaban J connectivity index is 2.65. The molecule has 0 saturated carbocycles. The smallest absolute Gasteiger partial charge is 0.292 e. The maximum atomic E-state index is 12.7. The molecule has 0 N–H and O–H groups in total. The van der Waals surface area contributed by atoms with Gasteiger partial charge in [-0.3, -0.25) is 4.57 Å². The molecule has 0 aliphatic rings. The normalized spacial score (nSPS) is 11.2. The van der Waals surface area contributed by atoms with E-state index < -0.39 is 11.7 Å². The zero-order valence-corrected chi connectivity index (χ0v) is 8.44. The average Bonchev–Trinajstić information content (AvgIpc) is 2.75. The molecular formula is C11H6F3N3. The Morgan fingerprint density at radius 2 is 2.00 bits per heavy atom. The van der Waals surface area contributed by atoms with E-state index in [2.05, 4.69) is 4.98 Å². The molecule has 0 radical (unpaired) electrons. The first-order valence-electron chi connectivity index (χ1n) is 4.64. The second-order valence-corrected chi connectivity index (χ2v) is 3.25. The molecule has 0 saturated heterocycles. The molecule has 3 nitrogen and oxygen atoms in total. The highest BCUT2D eigenvalue weighted by atomic mass is 19.4. The Labute approximate surface area is 94.7 Å². The summed E-state index contributed by atoms with van der Waals surface area (Å²) in [5, 5.41) is 8.78. The van der Waals surface area contributed by atoms with E-state index in [-0.39, 0.29) is 11.5 Å². The maximum Gasteiger partial charge on any atom is 0.419 e. The van der Waals surface area contributed by atoms with E-state index in [0.29, 0.717) is 0 Å². The summed E-state index contributed by atoms with van der Waals surface area (Å²) in [6.45, 7) is 0. The summed E-state index contributed by atoms with van der Waals surface area (Å²) in [6.07, 6.45) is -1.87. The number of nitriles is 1. The van der Waals surface area contributed by atoms with Gasteiger partial charge in [0.25, 0.3) is 0 Å². The summed E-state index contributed by atoms with van der Waals surface area (Å²) >= 11 is 0. The highest BCUT2D eigenvalue weighted by Gasteiger charge is 2.34. The third-order valence-corrected chi connectivity index (χ3v) is 2.18. The van der Waals surface area contributed by atoms with Crippen molar-refractivity contribution in [3.63, 3.8) is 0 Å². The van der Waals surface area contributed by atoms with Crippen molar-refractivity contribution in [2.75, 3.05) is 0 Å². The fourth-order valence-electron chi connectivity index (χ4n) is 1.47. The predicted octanol–water partition coefficient (Wildman–Crippen LogP) is 2.76. The molecule has 0 spiro atoms. The van der Waals surface area contributed by atoms with Crippen LogP contribution >= 0.6 is 0 Å².